The molecule has 0 unspecified atom stereocenters. The van der Waals surface area contributed by atoms with Gasteiger partial charge in [-0.15, -0.1) is 8.39 Å². The molecule has 0 aromatic heterocycles. The van der Waals surface area contributed by atoms with E-state index in [1.165, 1.54) is 0 Å². The minimum Gasteiger partial charge on any atom is -0.287 e. The average molecular weight is 284 g/mol. The van der Waals surface area contributed by atoms with Gasteiger partial charge in [-0.05, 0) is 13.8 Å². The number of rotatable bonds is 6. The van der Waals surface area contributed by atoms with E-state index in [0.717, 1.165) is 14.2 Å². The molecular weight excluding hydrogens is 268 g/mol. The Bertz CT molecular complexity index is 243. The van der Waals surface area contributed by atoms with Crippen LogP contribution in [0.15, 0.2) is 0 Å². The quantitative estimate of drug-likeness (QED) is 0.695. The second kappa shape index (κ2) is 9.22. The third-order valence-electron chi connectivity index (χ3n) is 1.00. The summed E-state index contributed by atoms with van der Waals surface area (Å²) in [6, 6.07) is 0. The van der Waals surface area contributed by atoms with E-state index in [2.05, 4.69) is 18.1 Å². The number of hydrogen-bond acceptors (Lipinski definition) is 6. The Hall–Kier alpha value is 0.160. The molecule has 0 aliphatic carbocycles. The van der Waals surface area contributed by atoms with Crippen molar-refractivity contribution in [2.45, 2.75) is 13.8 Å². The second-order valence-electron chi connectivity index (χ2n) is 2.06. The van der Waals surface area contributed by atoms with Crippen LogP contribution in [-0.4, -0.2) is 27.4 Å². The topological polar surface area (TPSA) is 71.1 Å². The van der Waals surface area contributed by atoms with Crippen molar-refractivity contribution in [3.05, 3.63) is 0 Å². The van der Waals surface area contributed by atoms with Gasteiger partial charge < -0.3 is 0 Å². The molecule has 100 valence electrons. The zero-order chi connectivity index (χ0) is 13.2. The van der Waals surface area contributed by atoms with Gasteiger partial charge in [0.25, 0.3) is 0 Å². The van der Waals surface area contributed by atoms with E-state index >= 15 is 0 Å². The fourth-order valence-corrected chi connectivity index (χ4v) is 1.26. The number of halogens is 2. The molecule has 6 nitrogen and oxygen atoms in total. The third kappa shape index (κ3) is 12.2. The monoisotopic (exact) mass is 284 g/mol. The van der Waals surface area contributed by atoms with E-state index < -0.39 is 15.8 Å². The SMILES string of the molecule is CCOP(=O)(F)OCC.COP(=O)(F)OC. The van der Waals surface area contributed by atoms with Gasteiger partial charge in [-0.3, -0.25) is 18.1 Å². The van der Waals surface area contributed by atoms with Gasteiger partial charge in [-0.1, -0.05) is 0 Å². The van der Waals surface area contributed by atoms with Crippen molar-refractivity contribution in [2.75, 3.05) is 27.4 Å². The Morgan fingerprint density at radius 2 is 1.19 bits per heavy atom. The molecule has 0 saturated heterocycles. The van der Waals surface area contributed by atoms with E-state index in [9.17, 15) is 17.5 Å². The second-order valence-corrected chi connectivity index (χ2v) is 5.03. The Morgan fingerprint density at radius 3 is 1.31 bits per heavy atom. The molecule has 16 heavy (non-hydrogen) atoms. The Labute approximate surface area is 93.5 Å². The van der Waals surface area contributed by atoms with Crippen molar-refractivity contribution in [3.8, 4) is 0 Å². The van der Waals surface area contributed by atoms with Crippen LogP contribution in [0.25, 0.3) is 0 Å². The van der Waals surface area contributed by atoms with Crippen LogP contribution in [0.1, 0.15) is 13.8 Å². The first kappa shape index (κ1) is 18.5. The molecule has 0 heterocycles. The first-order chi connectivity index (χ1) is 7.24. The van der Waals surface area contributed by atoms with Gasteiger partial charge in [0.2, 0.25) is 0 Å². The maximum Gasteiger partial charge on any atom is 0.513 e. The van der Waals surface area contributed by atoms with Crippen molar-refractivity contribution >= 4 is 15.8 Å². The van der Waals surface area contributed by atoms with Crippen molar-refractivity contribution < 1.29 is 35.6 Å². The summed E-state index contributed by atoms with van der Waals surface area (Å²) in [7, 11) is -6.39. The fraction of sp³-hybridized carbons (Fsp3) is 1.00. The van der Waals surface area contributed by atoms with Crippen LogP contribution < -0.4 is 0 Å². The third-order valence-corrected chi connectivity index (χ3v) is 3.01. The zero-order valence-electron chi connectivity index (χ0n) is 9.51. The molecule has 0 rings (SSSR count). The minimum atomic E-state index is -4.19. The van der Waals surface area contributed by atoms with Crippen LogP contribution >= 0.6 is 15.8 Å². The highest BCUT2D eigenvalue weighted by molar-refractivity contribution is 7.48. The molecule has 0 N–H and O–H groups in total. The molecule has 0 aliphatic rings. The van der Waals surface area contributed by atoms with E-state index in [0.29, 0.717) is 0 Å². The number of hydrogen-bond donors (Lipinski definition) is 0. The van der Waals surface area contributed by atoms with Gasteiger partial charge in [-0.2, -0.15) is 0 Å². The largest absolute Gasteiger partial charge is 0.513 e. The molecule has 10 heteroatoms. The zero-order valence-corrected chi connectivity index (χ0v) is 11.3. The summed E-state index contributed by atoms with van der Waals surface area (Å²) in [6.07, 6.45) is 0. The lowest BCUT2D eigenvalue weighted by Gasteiger charge is -2.04. The first-order valence-corrected chi connectivity index (χ1v) is 7.11. The van der Waals surface area contributed by atoms with E-state index in [4.69, 9.17) is 0 Å². The minimum absolute atomic E-state index is 0.0633. The molecular formula is C6H16F2O6P2. The predicted molar refractivity (Wildman–Crippen MR) is 54.7 cm³/mol. The summed E-state index contributed by atoms with van der Waals surface area (Å²) in [5.74, 6) is 0. The molecule has 0 aliphatic heterocycles. The van der Waals surface area contributed by atoms with Crippen molar-refractivity contribution in [1.82, 2.24) is 0 Å². The standard InChI is InChI=1S/C4H10FO3P.C2H6FO3P/c1-3-7-9(5,6)8-4-2;1-5-7(3,4)6-2/h3-4H2,1-2H3;1-2H3. The first-order valence-electron chi connectivity index (χ1n) is 4.24. The van der Waals surface area contributed by atoms with Crippen LogP contribution in [0, 0.1) is 0 Å². The van der Waals surface area contributed by atoms with Gasteiger partial charge in [0.1, 0.15) is 0 Å². The maximum absolute atomic E-state index is 12.2. The van der Waals surface area contributed by atoms with Gasteiger partial charge in [0.05, 0.1) is 13.2 Å². The lowest BCUT2D eigenvalue weighted by Crippen LogP contribution is -1.89. The van der Waals surface area contributed by atoms with Gasteiger partial charge in [0, 0.05) is 14.2 Å². The summed E-state index contributed by atoms with van der Waals surface area (Å²) in [5, 5.41) is 0. The molecule has 0 amide bonds. The lowest BCUT2D eigenvalue weighted by atomic mass is 10.9. The molecule has 0 atom stereocenters. The van der Waals surface area contributed by atoms with Crippen LogP contribution in [-0.2, 0) is 27.2 Å². The van der Waals surface area contributed by atoms with Crippen LogP contribution in [0.5, 0.6) is 0 Å². The summed E-state index contributed by atoms with van der Waals surface area (Å²) in [4.78, 5) is 0. The fourth-order valence-electron chi connectivity index (χ4n) is 0.420. The Balaban J connectivity index is 0. The molecule has 0 radical (unpaired) electrons. The molecule has 0 spiro atoms. The molecule has 0 bridgehead atoms. The molecule has 0 saturated carbocycles. The van der Waals surface area contributed by atoms with E-state index in [1.807, 2.05) is 0 Å². The van der Waals surface area contributed by atoms with Crippen LogP contribution in [0.2, 0.25) is 0 Å². The van der Waals surface area contributed by atoms with Crippen LogP contribution in [0.3, 0.4) is 0 Å². The predicted octanol–water partition coefficient (Wildman–Crippen LogP) is 3.49. The van der Waals surface area contributed by atoms with Crippen molar-refractivity contribution in [2.24, 2.45) is 0 Å². The van der Waals surface area contributed by atoms with Gasteiger partial charge in [-0.25, -0.2) is 9.13 Å². The highest BCUT2D eigenvalue weighted by atomic mass is 31.2. The molecule has 0 aromatic carbocycles. The van der Waals surface area contributed by atoms with E-state index in [1.54, 1.807) is 13.8 Å². The smallest absolute Gasteiger partial charge is 0.287 e. The molecule has 0 fully saturated rings. The van der Waals surface area contributed by atoms with Crippen LogP contribution in [0.4, 0.5) is 8.39 Å². The highest BCUT2D eigenvalue weighted by Crippen LogP contribution is 2.49. The normalized spacial score (nSPS) is 11.9. The highest BCUT2D eigenvalue weighted by Gasteiger charge is 2.21. The van der Waals surface area contributed by atoms with Crippen molar-refractivity contribution in [1.29, 1.82) is 0 Å². The van der Waals surface area contributed by atoms with E-state index in [-0.39, 0.29) is 13.2 Å². The Morgan fingerprint density at radius 1 is 0.875 bits per heavy atom. The summed E-state index contributed by atoms with van der Waals surface area (Å²) < 4.78 is 59.8. The molecule has 0 aromatic rings. The summed E-state index contributed by atoms with van der Waals surface area (Å²) in [5.41, 5.74) is 0. The lowest BCUT2D eigenvalue weighted by molar-refractivity contribution is 0.188. The average Bonchev–Trinajstić information content (AvgIpc) is 2.18. The van der Waals surface area contributed by atoms with Gasteiger partial charge in [0.15, 0.2) is 0 Å². The summed E-state index contributed by atoms with van der Waals surface area (Å²) >= 11 is 0. The summed E-state index contributed by atoms with van der Waals surface area (Å²) in [6.45, 7) is 3.22. The maximum atomic E-state index is 12.2. The van der Waals surface area contributed by atoms with Gasteiger partial charge >= 0.3 is 15.8 Å². The van der Waals surface area contributed by atoms with Crippen molar-refractivity contribution in [3.63, 3.8) is 0 Å². The Kier molecular flexibility index (Phi) is 10.7.